The molecule has 0 unspecified atom stereocenters. The van der Waals surface area contributed by atoms with Gasteiger partial charge in [0.2, 0.25) is 5.91 Å². The van der Waals surface area contributed by atoms with E-state index in [0.717, 1.165) is 60.9 Å². The normalized spacial score (nSPS) is 19.6. The summed E-state index contributed by atoms with van der Waals surface area (Å²) in [4.78, 5) is 19.9. The van der Waals surface area contributed by atoms with Gasteiger partial charge < -0.3 is 4.90 Å². The molecule has 2 aliphatic rings. The molecule has 3 heterocycles. The van der Waals surface area contributed by atoms with Crippen molar-refractivity contribution in [3.63, 3.8) is 0 Å². The Morgan fingerprint density at radius 3 is 2.56 bits per heavy atom. The molecule has 2 aliphatic heterocycles. The van der Waals surface area contributed by atoms with Crippen LogP contribution in [0.4, 0.5) is 5.69 Å². The number of piperidine rings is 1. The number of carbonyl (C=O) groups excluding carboxylic acids is 1. The van der Waals surface area contributed by atoms with Crippen LogP contribution in [0.15, 0.2) is 59.6 Å². The van der Waals surface area contributed by atoms with Crippen LogP contribution in [0.1, 0.15) is 31.4 Å². The van der Waals surface area contributed by atoms with Gasteiger partial charge in [-0.3, -0.25) is 15.2 Å². The number of carbonyl (C=O) groups is 1. The highest BCUT2D eigenvalue weighted by Gasteiger charge is 2.33. The number of anilines is 1. The number of pyridine rings is 1. The first-order valence-corrected chi connectivity index (χ1v) is 14.5. The predicted octanol–water partition coefficient (Wildman–Crippen LogP) is 4.38. The van der Waals surface area contributed by atoms with Crippen molar-refractivity contribution in [3.8, 4) is 0 Å². The highest BCUT2D eigenvalue weighted by molar-refractivity contribution is 7.91. The fourth-order valence-electron chi connectivity index (χ4n) is 5.25. The fraction of sp³-hybridized carbons (Fsp3) is 0.407. The molecule has 3 aromatic rings. The third-order valence-corrected chi connectivity index (χ3v) is 9.32. The number of nitrogens with one attached hydrogen (secondary N) is 1. The zero-order valence-corrected chi connectivity index (χ0v) is 21.9. The van der Waals surface area contributed by atoms with Crippen molar-refractivity contribution in [1.29, 1.82) is 0 Å². The van der Waals surface area contributed by atoms with Gasteiger partial charge in [-0.05, 0) is 79.8 Å². The molecular weight excluding hydrogens is 496 g/mol. The average Bonchev–Trinajstić information content (AvgIpc) is 3.29. The number of hydrogen-bond acceptors (Lipinski definition) is 6. The Balaban J connectivity index is 1.20. The minimum absolute atomic E-state index is 0.00700. The van der Waals surface area contributed by atoms with E-state index in [1.165, 1.54) is 0 Å². The number of aryl methyl sites for hydroxylation is 1. The molecule has 0 aliphatic carbocycles. The summed E-state index contributed by atoms with van der Waals surface area (Å²) in [6, 6.07) is 14.4. The molecule has 7 nitrogen and oxygen atoms in total. The van der Waals surface area contributed by atoms with E-state index in [2.05, 4.69) is 21.4 Å². The minimum atomic E-state index is -3.52. The monoisotopic (exact) mass is 526 g/mol. The molecule has 0 bridgehead atoms. The molecule has 190 valence electrons. The van der Waals surface area contributed by atoms with Crippen LogP contribution >= 0.6 is 11.6 Å². The van der Waals surface area contributed by atoms with Crippen molar-refractivity contribution in [3.05, 3.63) is 65.4 Å². The maximum Gasteiger partial charge on any atom is 0.237 e. The molecule has 2 fully saturated rings. The van der Waals surface area contributed by atoms with E-state index in [-0.39, 0.29) is 23.6 Å². The standard InChI is InChI=1S/C27H31ClN4O3S/c1-19-15-24(8-11-29-19)31-13-9-20(10-14-31)27(33)30-32-12-2-3-25(32)18-36(34,35)26-7-5-21-16-23(28)6-4-22(21)17-26/h4-8,11,15-17,20,25H,2-3,9-10,12-14,18H2,1H3,(H,30,33)/t25-/m0/s1. The summed E-state index contributed by atoms with van der Waals surface area (Å²) in [5, 5.41) is 4.21. The van der Waals surface area contributed by atoms with Crippen LogP contribution in [-0.4, -0.2) is 55.7 Å². The van der Waals surface area contributed by atoms with Crippen LogP contribution in [0.2, 0.25) is 5.02 Å². The number of amides is 1. The first-order chi connectivity index (χ1) is 17.3. The van der Waals surface area contributed by atoms with E-state index in [4.69, 9.17) is 11.6 Å². The van der Waals surface area contributed by atoms with E-state index in [9.17, 15) is 13.2 Å². The Bertz CT molecular complexity index is 1370. The summed E-state index contributed by atoms with van der Waals surface area (Å²) < 4.78 is 26.5. The average molecular weight is 527 g/mol. The third-order valence-electron chi connectivity index (χ3n) is 7.29. The van der Waals surface area contributed by atoms with Crippen LogP contribution in [0, 0.1) is 12.8 Å². The maximum absolute atomic E-state index is 13.3. The van der Waals surface area contributed by atoms with Crippen LogP contribution in [0.3, 0.4) is 0 Å². The van der Waals surface area contributed by atoms with Crippen LogP contribution in [-0.2, 0) is 14.6 Å². The largest absolute Gasteiger partial charge is 0.371 e. The smallest absolute Gasteiger partial charge is 0.237 e. The minimum Gasteiger partial charge on any atom is -0.371 e. The molecular formula is C27H31ClN4O3S. The van der Waals surface area contributed by atoms with Crippen molar-refractivity contribution in [2.45, 2.75) is 43.5 Å². The molecule has 1 aromatic heterocycles. The van der Waals surface area contributed by atoms with Gasteiger partial charge in [0.25, 0.3) is 0 Å². The number of benzene rings is 2. The molecule has 0 saturated carbocycles. The van der Waals surface area contributed by atoms with Gasteiger partial charge in [0.15, 0.2) is 9.84 Å². The number of halogens is 1. The van der Waals surface area contributed by atoms with Crippen LogP contribution in [0.25, 0.3) is 10.8 Å². The summed E-state index contributed by atoms with van der Waals surface area (Å²) >= 11 is 6.05. The lowest BCUT2D eigenvalue weighted by molar-refractivity contribution is -0.130. The van der Waals surface area contributed by atoms with Crippen molar-refractivity contribution in [1.82, 2.24) is 15.4 Å². The molecule has 5 rings (SSSR count). The summed E-state index contributed by atoms with van der Waals surface area (Å²) in [6.45, 7) is 4.27. The molecule has 1 atom stereocenters. The highest BCUT2D eigenvalue weighted by atomic mass is 35.5. The number of nitrogens with zero attached hydrogens (tertiary/aromatic N) is 3. The van der Waals surface area contributed by atoms with Gasteiger partial charge in [0.1, 0.15) is 0 Å². The Labute approximate surface area is 217 Å². The number of hydrazine groups is 1. The molecule has 2 saturated heterocycles. The first kappa shape index (κ1) is 25.0. The van der Waals surface area contributed by atoms with Gasteiger partial charge in [-0.25, -0.2) is 13.4 Å². The molecule has 1 amide bonds. The van der Waals surface area contributed by atoms with Crippen molar-refractivity contribution < 1.29 is 13.2 Å². The van der Waals surface area contributed by atoms with Gasteiger partial charge >= 0.3 is 0 Å². The quantitative estimate of drug-likeness (QED) is 0.513. The lowest BCUT2D eigenvalue weighted by Gasteiger charge is -2.34. The van der Waals surface area contributed by atoms with Crippen LogP contribution in [0.5, 0.6) is 0 Å². The van der Waals surface area contributed by atoms with E-state index in [0.29, 0.717) is 16.5 Å². The second-order valence-electron chi connectivity index (χ2n) is 9.82. The van der Waals surface area contributed by atoms with E-state index in [1.54, 1.807) is 24.3 Å². The SMILES string of the molecule is Cc1cc(N2CCC(C(=O)NN3CCC[C@H]3CS(=O)(=O)c3ccc4cc(Cl)ccc4c3)CC2)ccn1. The lowest BCUT2D eigenvalue weighted by atomic mass is 9.96. The zero-order valence-electron chi connectivity index (χ0n) is 20.4. The van der Waals surface area contributed by atoms with E-state index < -0.39 is 9.84 Å². The summed E-state index contributed by atoms with van der Waals surface area (Å²) in [5.41, 5.74) is 5.18. The number of aromatic nitrogens is 1. The summed E-state index contributed by atoms with van der Waals surface area (Å²) in [5.74, 6) is -0.103. The van der Waals surface area contributed by atoms with Crippen molar-refractivity contribution in [2.24, 2.45) is 5.92 Å². The van der Waals surface area contributed by atoms with E-state index in [1.807, 2.05) is 36.3 Å². The van der Waals surface area contributed by atoms with Gasteiger partial charge in [0.05, 0.1) is 10.6 Å². The van der Waals surface area contributed by atoms with E-state index >= 15 is 0 Å². The summed E-state index contributed by atoms with van der Waals surface area (Å²) in [7, 11) is -3.52. The summed E-state index contributed by atoms with van der Waals surface area (Å²) in [6.07, 6.45) is 4.95. The topological polar surface area (TPSA) is 82.6 Å². The fourth-order valence-corrected chi connectivity index (χ4v) is 7.06. The number of rotatable bonds is 6. The molecule has 2 aromatic carbocycles. The second-order valence-corrected chi connectivity index (χ2v) is 12.3. The molecule has 0 spiro atoms. The van der Waals surface area contributed by atoms with Crippen molar-refractivity contribution >= 4 is 43.8 Å². The Morgan fingerprint density at radius 2 is 1.78 bits per heavy atom. The zero-order chi connectivity index (χ0) is 25.3. The lowest BCUT2D eigenvalue weighted by Crippen LogP contribution is -2.51. The van der Waals surface area contributed by atoms with Crippen LogP contribution < -0.4 is 10.3 Å². The molecule has 1 N–H and O–H groups in total. The molecule has 36 heavy (non-hydrogen) atoms. The molecule has 0 radical (unpaired) electrons. The van der Waals surface area contributed by atoms with Crippen molar-refractivity contribution in [2.75, 3.05) is 30.3 Å². The second kappa shape index (κ2) is 10.4. The molecule has 9 heteroatoms. The van der Waals surface area contributed by atoms with Gasteiger partial charge in [-0.1, -0.05) is 23.7 Å². The number of sulfone groups is 1. The Hall–Kier alpha value is -2.68. The van der Waals surface area contributed by atoms with Gasteiger partial charge in [-0.15, -0.1) is 0 Å². The predicted molar refractivity (Wildman–Crippen MR) is 143 cm³/mol. The Kier molecular flexibility index (Phi) is 7.19. The maximum atomic E-state index is 13.3. The number of hydrogen-bond donors (Lipinski definition) is 1. The van der Waals surface area contributed by atoms with Gasteiger partial charge in [-0.2, -0.15) is 0 Å². The Morgan fingerprint density at radius 1 is 1.03 bits per heavy atom. The highest BCUT2D eigenvalue weighted by Crippen LogP contribution is 2.27. The third kappa shape index (κ3) is 5.51. The van der Waals surface area contributed by atoms with Gasteiger partial charge in [0, 0.05) is 54.2 Å². The first-order valence-electron chi connectivity index (χ1n) is 12.5. The number of fused-ring (bicyclic) bond motifs is 1.